The van der Waals surface area contributed by atoms with Gasteiger partial charge in [0.05, 0.1) is 16.0 Å². The maximum atomic E-state index is 12.1. The first-order valence-electron chi connectivity index (χ1n) is 6.37. The zero-order valence-electron chi connectivity index (χ0n) is 11.9. The van der Waals surface area contributed by atoms with E-state index in [1.807, 2.05) is 0 Å². The summed E-state index contributed by atoms with van der Waals surface area (Å²) in [5.74, 6) is -0.450. The largest absolute Gasteiger partial charge is 0.459 e. The molecule has 1 aromatic heterocycles. The standard InChI is InChI=1S/C14H14ClNO4S2/c1-9(2)20-14(17)10-3-5-11(6-4-10)16-22(18,19)13-8-7-12(15)21-13/h3-9,16H,1-2H3. The van der Waals surface area contributed by atoms with E-state index in [0.717, 1.165) is 11.3 Å². The summed E-state index contributed by atoms with van der Waals surface area (Å²) in [6, 6.07) is 8.97. The Balaban J connectivity index is 2.13. The second-order valence-electron chi connectivity index (χ2n) is 4.70. The molecule has 5 nitrogen and oxygen atoms in total. The van der Waals surface area contributed by atoms with Crippen molar-refractivity contribution in [3.63, 3.8) is 0 Å². The lowest BCUT2D eigenvalue weighted by molar-refractivity contribution is 0.0378. The Kier molecular flexibility index (Phi) is 5.10. The lowest BCUT2D eigenvalue weighted by atomic mass is 10.2. The SMILES string of the molecule is CC(C)OC(=O)c1ccc(NS(=O)(=O)c2ccc(Cl)s2)cc1. The number of carbonyl (C=O) groups is 1. The Bertz CT molecular complexity index is 766. The quantitative estimate of drug-likeness (QED) is 0.825. The van der Waals surface area contributed by atoms with E-state index < -0.39 is 16.0 Å². The lowest BCUT2D eigenvalue weighted by Gasteiger charge is -2.09. The number of nitrogens with one attached hydrogen (secondary N) is 1. The van der Waals surface area contributed by atoms with Crippen LogP contribution in [0.2, 0.25) is 4.34 Å². The number of esters is 1. The highest BCUT2D eigenvalue weighted by Gasteiger charge is 2.17. The Hall–Kier alpha value is -1.57. The third kappa shape index (κ3) is 4.22. The van der Waals surface area contributed by atoms with E-state index in [1.165, 1.54) is 36.4 Å². The van der Waals surface area contributed by atoms with Gasteiger partial charge in [-0.25, -0.2) is 13.2 Å². The van der Waals surface area contributed by atoms with Gasteiger partial charge in [0.15, 0.2) is 0 Å². The molecule has 2 aromatic rings. The number of benzene rings is 1. The summed E-state index contributed by atoms with van der Waals surface area (Å²) in [4.78, 5) is 11.7. The van der Waals surface area contributed by atoms with Crippen molar-refractivity contribution in [1.29, 1.82) is 0 Å². The summed E-state index contributed by atoms with van der Waals surface area (Å²) in [5, 5.41) is 0. The molecular weight excluding hydrogens is 346 g/mol. The Morgan fingerprint density at radius 3 is 2.32 bits per heavy atom. The average molecular weight is 360 g/mol. The first kappa shape index (κ1) is 16.8. The molecule has 0 amide bonds. The fraction of sp³-hybridized carbons (Fsp3) is 0.214. The monoisotopic (exact) mass is 359 g/mol. The summed E-state index contributed by atoms with van der Waals surface area (Å²) in [7, 11) is -3.68. The van der Waals surface area contributed by atoms with Crippen molar-refractivity contribution in [1.82, 2.24) is 0 Å². The summed E-state index contributed by atoms with van der Waals surface area (Å²) < 4.78 is 32.3. The van der Waals surface area contributed by atoms with Crippen molar-refractivity contribution in [3.05, 3.63) is 46.3 Å². The maximum Gasteiger partial charge on any atom is 0.338 e. The van der Waals surface area contributed by atoms with Crippen LogP contribution in [0, 0.1) is 0 Å². The molecule has 0 aliphatic carbocycles. The number of hydrogen-bond acceptors (Lipinski definition) is 5. The number of anilines is 1. The van der Waals surface area contributed by atoms with Gasteiger partial charge in [-0.3, -0.25) is 4.72 Å². The number of hydrogen-bond donors (Lipinski definition) is 1. The van der Waals surface area contributed by atoms with Crippen LogP contribution in [0.4, 0.5) is 5.69 Å². The van der Waals surface area contributed by atoms with Crippen LogP contribution in [-0.2, 0) is 14.8 Å². The van der Waals surface area contributed by atoms with Crippen LogP contribution in [0.25, 0.3) is 0 Å². The molecule has 0 saturated carbocycles. The molecule has 8 heteroatoms. The van der Waals surface area contributed by atoms with E-state index >= 15 is 0 Å². The van der Waals surface area contributed by atoms with Crippen molar-refractivity contribution in [2.24, 2.45) is 0 Å². The molecule has 0 aliphatic heterocycles. The van der Waals surface area contributed by atoms with Crippen LogP contribution in [0.15, 0.2) is 40.6 Å². The first-order chi connectivity index (χ1) is 10.3. The normalized spacial score (nSPS) is 11.5. The second-order valence-corrected chi connectivity index (χ2v) is 8.32. The van der Waals surface area contributed by atoms with Crippen molar-refractivity contribution < 1.29 is 17.9 Å². The van der Waals surface area contributed by atoms with Crippen LogP contribution in [-0.4, -0.2) is 20.5 Å². The topological polar surface area (TPSA) is 72.5 Å². The van der Waals surface area contributed by atoms with Crippen LogP contribution in [0.3, 0.4) is 0 Å². The van der Waals surface area contributed by atoms with Gasteiger partial charge in [-0.2, -0.15) is 0 Å². The predicted molar refractivity (Wildman–Crippen MR) is 87.1 cm³/mol. The maximum absolute atomic E-state index is 12.1. The van der Waals surface area contributed by atoms with Gasteiger partial charge in [-0.1, -0.05) is 11.6 Å². The number of ether oxygens (including phenoxy) is 1. The number of rotatable bonds is 5. The van der Waals surface area contributed by atoms with Gasteiger partial charge in [-0.15, -0.1) is 11.3 Å². The zero-order valence-corrected chi connectivity index (χ0v) is 14.3. The van der Waals surface area contributed by atoms with Crippen LogP contribution in [0.5, 0.6) is 0 Å². The molecule has 1 heterocycles. The summed E-state index contributed by atoms with van der Waals surface area (Å²) in [6.45, 7) is 3.51. The smallest absolute Gasteiger partial charge is 0.338 e. The molecule has 0 fully saturated rings. The molecule has 118 valence electrons. The molecule has 0 bridgehead atoms. The van der Waals surface area contributed by atoms with Gasteiger partial charge in [0.2, 0.25) is 0 Å². The third-order valence-corrected chi connectivity index (χ3v) is 5.63. The zero-order chi connectivity index (χ0) is 16.3. The van der Waals surface area contributed by atoms with E-state index in [-0.39, 0.29) is 10.3 Å². The van der Waals surface area contributed by atoms with Crippen molar-refractivity contribution in [2.75, 3.05) is 4.72 Å². The van der Waals surface area contributed by atoms with Gasteiger partial charge >= 0.3 is 5.97 Å². The molecule has 0 saturated heterocycles. The molecule has 2 rings (SSSR count). The minimum atomic E-state index is -3.68. The summed E-state index contributed by atoms with van der Waals surface area (Å²) in [6.07, 6.45) is -0.214. The van der Waals surface area contributed by atoms with Gasteiger partial charge < -0.3 is 4.74 Å². The Morgan fingerprint density at radius 2 is 1.82 bits per heavy atom. The van der Waals surface area contributed by atoms with Crippen LogP contribution < -0.4 is 4.72 Å². The summed E-state index contributed by atoms with van der Waals surface area (Å²) >= 11 is 6.71. The van der Waals surface area contributed by atoms with Crippen molar-refractivity contribution >= 4 is 44.6 Å². The number of carbonyl (C=O) groups excluding carboxylic acids is 1. The lowest BCUT2D eigenvalue weighted by Crippen LogP contribution is -2.13. The first-order valence-corrected chi connectivity index (χ1v) is 9.05. The van der Waals surface area contributed by atoms with Crippen LogP contribution >= 0.6 is 22.9 Å². The van der Waals surface area contributed by atoms with Gasteiger partial charge in [0, 0.05) is 5.69 Å². The van der Waals surface area contributed by atoms with Crippen molar-refractivity contribution in [3.8, 4) is 0 Å². The molecule has 0 aliphatic rings. The van der Waals surface area contributed by atoms with E-state index in [4.69, 9.17) is 16.3 Å². The molecule has 0 unspecified atom stereocenters. The Labute approximate surface area is 137 Å². The van der Waals surface area contributed by atoms with Gasteiger partial charge in [-0.05, 0) is 50.2 Å². The van der Waals surface area contributed by atoms with E-state index in [0.29, 0.717) is 15.6 Å². The molecule has 1 N–H and O–H groups in total. The molecule has 1 aromatic carbocycles. The van der Waals surface area contributed by atoms with E-state index in [1.54, 1.807) is 13.8 Å². The van der Waals surface area contributed by atoms with E-state index in [2.05, 4.69) is 4.72 Å². The average Bonchev–Trinajstić information content (AvgIpc) is 2.86. The van der Waals surface area contributed by atoms with Gasteiger partial charge in [0.25, 0.3) is 10.0 Å². The third-order valence-electron chi connectivity index (χ3n) is 2.53. The second kappa shape index (κ2) is 6.68. The Morgan fingerprint density at radius 1 is 1.18 bits per heavy atom. The number of halogens is 1. The minimum absolute atomic E-state index is 0.126. The highest BCUT2D eigenvalue weighted by molar-refractivity contribution is 7.94. The molecule has 22 heavy (non-hydrogen) atoms. The number of sulfonamides is 1. The molecular formula is C14H14ClNO4S2. The van der Waals surface area contributed by atoms with E-state index in [9.17, 15) is 13.2 Å². The summed E-state index contributed by atoms with van der Waals surface area (Å²) in [5.41, 5.74) is 0.710. The van der Waals surface area contributed by atoms with Crippen LogP contribution in [0.1, 0.15) is 24.2 Å². The highest BCUT2D eigenvalue weighted by Crippen LogP contribution is 2.27. The fourth-order valence-electron chi connectivity index (χ4n) is 1.60. The highest BCUT2D eigenvalue weighted by atomic mass is 35.5. The van der Waals surface area contributed by atoms with Crippen molar-refractivity contribution in [2.45, 2.75) is 24.2 Å². The molecule has 0 radical (unpaired) electrons. The minimum Gasteiger partial charge on any atom is -0.459 e. The van der Waals surface area contributed by atoms with Gasteiger partial charge in [0.1, 0.15) is 4.21 Å². The predicted octanol–water partition coefficient (Wildman–Crippen LogP) is 3.77. The molecule has 0 atom stereocenters. The number of thiophene rings is 1. The molecule has 0 spiro atoms. The fourth-order valence-corrected chi connectivity index (χ4v) is 4.15.